The first kappa shape index (κ1) is 17.8. The van der Waals surface area contributed by atoms with E-state index in [2.05, 4.69) is 31.0 Å². The fraction of sp³-hybridized carbons (Fsp3) is 0.647. The summed E-state index contributed by atoms with van der Waals surface area (Å²) in [5, 5.41) is 3.57. The van der Waals surface area contributed by atoms with E-state index < -0.39 is 0 Å². The van der Waals surface area contributed by atoms with Crippen molar-refractivity contribution in [3.8, 4) is 11.5 Å². The van der Waals surface area contributed by atoms with Crippen molar-refractivity contribution in [3.63, 3.8) is 0 Å². The summed E-state index contributed by atoms with van der Waals surface area (Å²) in [6.45, 7) is 10.7. The van der Waals surface area contributed by atoms with Gasteiger partial charge in [-0.1, -0.05) is 26.8 Å². The molecule has 0 amide bonds. The topological polar surface area (TPSA) is 33.7 Å². The molecule has 120 valence electrons. The Hall–Kier alpha value is -1.26. The van der Waals surface area contributed by atoms with Gasteiger partial charge in [-0.05, 0) is 44.7 Å². The van der Waals surface area contributed by atoms with E-state index >= 15 is 0 Å². The molecule has 0 heterocycles. The van der Waals surface area contributed by atoms with Gasteiger partial charge in [-0.2, -0.15) is 0 Å². The molecule has 1 unspecified atom stereocenters. The second kappa shape index (κ2) is 9.64. The Labute approximate surface area is 129 Å². The van der Waals surface area contributed by atoms with Crippen LogP contribution in [0.15, 0.2) is 18.2 Å². The number of rotatable bonds is 10. The van der Waals surface area contributed by atoms with Crippen LogP contribution in [0.1, 0.15) is 38.8 Å². The summed E-state index contributed by atoms with van der Waals surface area (Å²) in [4.78, 5) is 2.44. The number of nitrogens with one attached hydrogen (secondary N) is 1. The zero-order valence-electron chi connectivity index (χ0n) is 14.1. The lowest BCUT2D eigenvalue weighted by Crippen LogP contribution is -2.30. The highest BCUT2D eigenvalue weighted by atomic mass is 16.5. The largest absolute Gasteiger partial charge is 0.496 e. The third kappa shape index (κ3) is 4.90. The number of nitrogens with zero attached hydrogens (tertiary/aromatic N) is 1. The summed E-state index contributed by atoms with van der Waals surface area (Å²) in [7, 11) is 3.43. The molecule has 0 spiro atoms. The number of benzene rings is 1. The standard InChI is InChI=1S/C17H30N2O2/c1-6-18-14(12-13-19(7-2)8-3)17-15(20-4)10-9-11-16(17)21-5/h9-11,14,18H,6-8,12-13H2,1-5H3. The Balaban J connectivity index is 2.98. The van der Waals surface area contributed by atoms with Gasteiger partial charge in [0.05, 0.1) is 19.8 Å². The Bertz CT molecular complexity index is 384. The molecule has 0 aliphatic carbocycles. The lowest BCUT2D eigenvalue weighted by molar-refractivity contribution is 0.278. The first-order valence-electron chi connectivity index (χ1n) is 7.88. The van der Waals surface area contributed by atoms with Gasteiger partial charge in [0.25, 0.3) is 0 Å². The van der Waals surface area contributed by atoms with Crippen molar-refractivity contribution in [2.45, 2.75) is 33.2 Å². The molecule has 0 bridgehead atoms. The zero-order chi connectivity index (χ0) is 15.7. The van der Waals surface area contributed by atoms with Gasteiger partial charge < -0.3 is 19.7 Å². The van der Waals surface area contributed by atoms with Crippen LogP contribution in [0.2, 0.25) is 0 Å². The van der Waals surface area contributed by atoms with Crippen molar-refractivity contribution in [2.24, 2.45) is 0 Å². The van der Waals surface area contributed by atoms with Crippen molar-refractivity contribution in [1.82, 2.24) is 10.2 Å². The van der Waals surface area contributed by atoms with Crippen LogP contribution in [0, 0.1) is 0 Å². The van der Waals surface area contributed by atoms with Gasteiger partial charge in [-0.3, -0.25) is 0 Å². The van der Waals surface area contributed by atoms with E-state index in [1.54, 1.807) is 14.2 Å². The summed E-state index contributed by atoms with van der Waals surface area (Å²) in [6.07, 6.45) is 1.03. The Morgan fingerprint density at radius 3 is 2.05 bits per heavy atom. The summed E-state index contributed by atoms with van der Waals surface area (Å²) >= 11 is 0. The summed E-state index contributed by atoms with van der Waals surface area (Å²) in [5.41, 5.74) is 1.12. The van der Waals surface area contributed by atoms with Crippen LogP contribution in [0.5, 0.6) is 11.5 Å². The van der Waals surface area contributed by atoms with Gasteiger partial charge in [-0.15, -0.1) is 0 Å². The van der Waals surface area contributed by atoms with Gasteiger partial charge in [0, 0.05) is 6.04 Å². The monoisotopic (exact) mass is 294 g/mol. The summed E-state index contributed by atoms with van der Waals surface area (Å²) < 4.78 is 11.1. The minimum Gasteiger partial charge on any atom is -0.496 e. The lowest BCUT2D eigenvalue weighted by Gasteiger charge is -2.26. The highest BCUT2D eigenvalue weighted by molar-refractivity contribution is 5.47. The van der Waals surface area contributed by atoms with E-state index in [9.17, 15) is 0 Å². The van der Waals surface area contributed by atoms with Crippen molar-refractivity contribution in [1.29, 1.82) is 0 Å². The fourth-order valence-corrected chi connectivity index (χ4v) is 2.67. The van der Waals surface area contributed by atoms with Gasteiger partial charge in [-0.25, -0.2) is 0 Å². The first-order chi connectivity index (χ1) is 10.2. The Morgan fingerprint density at radius 1 is 1.05 bits per heavy atom. The highest BCUT2D eigenvalue weighted by Gasteiger charge is 2.20. The molecule has 0 radical (unpaired) electrons. The molecule has 0 aromatic heterocycles. The van der Waals surface area contributed by atoms with Gasteiger partial charge in [0.15, 0.2) is 0 Å². The second-order valence-corrected chi connectivity index (χ2v) is 5.00. The number of ether oxygens (including phenoxy) is 2. The van der Waals surface area contributed by atoms with Crippen molar-refractivity contribution in [3.05, 3.63) is 23.8 Å². The van der Waals surface area contributed by atoms with Crippen LogP contribution in [0.25, 0.3) is 0 Å². The minimum absolute atomic E-state index is 0.238. The molecule has 1 rings (SSSR count). The average Bonchev–Trinajstić information content (AvgIpc) is 2.53. The molecule has 0 aliphatic heterocycles. The number of hydrogen-bond acceptors (Lipinski definition) is 4. The average molecular weight is 294 g/mol. The molecular weight excluding hydrogens is 264 g/mol. The van der Waals surface area contributed by atoms with Crippen LogP contribution in [-0.4, -0.2) is 45.3 Å². The van der Waals surface area contributed by atoms with Crippen LogP contribution in [-0.2, 0) is 0 Å². The number of methoxy groups -OCH3 is 2. The molecule has 0 saturated carbocycles. The second-order valence-electron chi connectivity index (χ2n) is 5.00. The van der Waals surface area contributed by atoms with Gasteiger partial charge >= 0.3 is 0 Å². The van der Waals surface area contributed by atoms with E-state index in [1.165, 1.54) is 0 Å². The van der Waals surface area contributed by atoms with E-state index in [4.69, 9.17) is 9.47 Å². The van der Waals surface area contributed by atoms with E-state index in [-0.39, 0.29) is 6.04 Å². The van der Waals surface area contributed by atoms with Crippen LogP contribution in [0.3, 0.4) is 0 Å². The molecule has 1 aromatic rings. The molecule has 21 heavy (non-hydrogen) atoms. The molecule has 0 aliphatic rings. The molecule has 4 heteroatoms. The lowest BCUT2D eigenvalue weighted by atomic mass is 10.0. The third-order valence-corrected chi connectivity index (χ3v) is 3.89. The summed E-state index contributed by atoms with van der Waals surface area (Å²) in [6, 6.07) is 6.20. The quantitative estimate of drug-likeness (QED) is 0.719. The number of hydrogen-bond donors (Lipinski definition) is 1. The molecule has 1 N–H and O–H groups in total. The molecule has 4 nitrogen and oxygen atoms in total. The summed E-state index contributed by atoms with van der Waals surface area (Å²) in [5.74, 6) is 1.78. The van der Waals surface area contributed by atoms with Gasteiger partial charge in [0.1, 0.15) is 11.5 Å². The molecule has 0 fully saturated rings. The van der Waals surface area contributed by atoms with Gasteiger partial charge in [0.2, 0.25) is 0 Å². The molecular formula is C17H30N2O2. The molecule has 0 saturated heterocycles. The Kier molecular flexibility index (Phi) is 8.16. The predicted octanol–water partition coefficient (Wildman–Crippen LogP) is 3.09. The normalized spacial score (nSPS) is 12.5. The smallest absolute Gasteiger partial charge is 0.127 e. The first-order valence-corrected chi connectivity index (χ1v) is 7.88. The molecule has 1 atom stereocenters. The van der Waals surface area contributed by atoms with Crippen LogP contribution in [0.4, 0.5) is 0 Å². The van der Waals surface area contributed by atoms with E-state index in [0.717, 1.165) is 49.7 Å². The van der Waals surface area contributed by atoms with Crippen LogP contribution < -0.4 is 14.8 Å². The minimum atomic E-state index is 0.238. The third-order valence-electron chi connectivity index (χ3n) is 3.89. The zero-order valence-corrected chi connectivity index (χ0v) is 14.1. The highest BCUT2D eigenvalue weighted by Crippen LogP contribution is 2.35. The Morgan fingerprint density at radius 2 is 1.62 bits per heavy atom. The maximum absolute atomic E-state index is 5.54. The molecule has 1 aromatic carbocycles. The van der Waals surface area contributed by atoms with Crippen molar-refractivity contribution >= 4 is 0 Å². The maximum Gasteiger partial charge on any atom is 0.127 e. The van der Waals surface area contributed by atoms with E-state index in [1.807, 2.05) is 18.2 Å². The van der Waals surface area contributed by atoms with Crippen molar-refractivity contribution in [2.75, 3.05) is 40.4 Å². The predicted molar refractivity (Wildman–Crippen MR) is 88.4 cm³/mol. The maximum atomic E-state index is 5.54. The van der Waals surface area contributed by atoms with E-state index in [0.29, 0.717) is 0 Å². The van der Waals surface area contributed by atoms with Crippen LogP contribution >= 0.6 is 0 Å². The fourth-order valence-electron chi connectivity index (χ4n) is 2.67. The van der Waals surface area contributed by atoms with Crippen molar-refractivity contribution < 1.29 is 9.47 Å². The SMILES string of the molecule is CCNC(CCN(CC)CC)c1c(OC)cccc1OC.